The second-order valence-corrected chi connectivity index (χ2v) is 7.79. The van der Waals surface area contributed by atoms with E-state index in [-0.39, 0.29) is 11.3 Å². The van der Waals surface area contributed by atoms with Crippen LogP contribution in [-0.2, 0) is 9.84 Å². The summed E-state index contributed by atoms with van der Waals surface area (Å²) in [5, 5.41) is 3.96. The Bertz CT molecular complexity index is 492. The molecule has 5 nitrogen and oxygen atoms in total. The predicted molar refractivity (Wildman–Crippen MR) is 70.5 cm³/mol. The maximum atomic E-state index is 11.6. The maximum Gasteiger partial charge on any atom is 0.159 e. The molecule has 1 aliphatic rings. The number of hydrogen-bond acceptors (Lipinski definition) is 4. The Balaban J connectivity index is 2.18. The van der Waals surface area contributed by atoms with Crippen LogP contribution in [0.1, 0.15) is 31.7 Å². The van der Waals surface area contributed by atoms with E-state index in [1.54, 1.807) is 4.68 Å². The number of nitrogens with zero attached hydrogens (tertiary/aromatic N) is 2. The number of nitrogens with two attached hydrogens (primary N) is 1. The first-order chi connectivity index (χ1) is 7.88. The van der Waals surface area contributed by atoms with Crippen molar-refractivity contribution in [3.8, 4) is 0 Å². The molecule has 0 amide bonds. The van der Waals surface area contributed by atoms with Gasteiger partial charge in [0, 0.05) is 12.5 Å². The molecule has 0 spiro atoms. The molecule has 7 heteroatoms. The molecule has 2 rings (SSSR count). The molecule has 0 bridgehead atoms. The highest BCUT2D eigenvalue weighted by Gasteiger charge is 2.30. The largest absolute Gasteiger partial charge is 0.381 e. The molecule has 1 aliphatic carbocycles. The molecule has 1 aromatic heterocycles. The molecule has 17 heavy (non-hydrogen) atoms. The fraction of sp³-hybridized carbons (Fsp3) is 0.700. The first kappa shape index (κ1) is 12.9. The summed E-state index contributed by atoms with van der Waals surface area (Å²) in [5.41, 5.74) is 5.67. The van der Waals surface area contributed by atoms with Gasteiger partial charge in [0.1, 0.15) is 9.84 Å². The number of sulfone groups is 1. The summed E-state index contributed by atoms with van der Waals surface area (Å²) in [6.45, 7) is 0. The van der Waals surface area contributed by atoms with Gasteiger partial charge in [0.05, 0.1) is 15.8 Å². The van der Waals surface area contributed by atoms with Crippen molar-refractivity contribution >= 4 is 31.6 Å². The monoisotopic (exact) mass is 321 g/mol. The van der Waals surface area contributed by atoms with Crippen molar-refractivity contribution in [1.82, 2.24) is 9.78 Å². The van der Waals surface area contributed by atoms with Crippen molar-refractivity contribution in [2.24, 2.45) is 0 Å². The van der Waals surface area contributed by atoms with Crippen molar-refractivity contribution < 1.29 is 8.42 Å². The molecule has 0 aromatic carbocycles. The molecule has 1 fully saturated rings. The SMILES string of the molecule is CS(=O)(=O)C1CCCC(n2cc(Br)c(N)n2)C1. The Morgan fingerprint density at radius 2 is 2.24 bits per heavy atom. The number of hydrogen-bond donors (Lipinski definition) is 1. The highest BCUT2D eigenvalue weighted by Crippen LogP contribution is 2.33. The molecule has 1 aromatic rings. The Kier molecular flexibility index (Phi) is 3.49. The lowest BCUT2D eigenvalue weighted by atomic mass is 9.95. The van der Waals surface area contributed by atoms with Gasteiger partial charge in [-0.3, -0.25) is 4.68 Å². The number of rotatable bonds is 2. The van der Waals surface area contributed by atoms with E-state index in [0.29, 0.717) is 12.2 Å². The molecule has 2 atom stereocenters. The first-order valence-electron chi connectivity index (χ1n) is 5.57. The summed E-state index contributed by atoms with van der Waals surface area (Å²) >= 11 is 3.31. The van der Waals surface area contributed by atoms with Crippen LogP contribution in [0.5, 0.6) is 0 Å². The molecule has 2 N–H and O–H groups in total. The van der Waals surface area contributed by atoms with Gasteiger partial charge in [-0.2, -0.15) is 5.10 Å². The van der Waals surface area contributed by atoms with Crippen LogP contribution in [0.15, 0.2) is 10.7 Å². The summed E-state index contributed by atoms with van der Waals surface area (Å²) in [6, 6.07) is 0.136. The third-order valence-corrected chi connectivity index (χ3v) is 5.54. The average Bonchev–Trinajstić information content (AvgIpc) is 2.58. The Labute approximate surface area is 109 Å². The highest BCUT2D eigenvalue weighted by molar-refractivity contribution is 9.10. The number of aromatic nitrogens is 2. The van der Waals surface area contributed by atoms with Crippen LogP contribution in [0.2, 0.25) is 0 Å². The first-order valence-corrected chi connectivity index (χ1v) is 8.31. The van der Waals surface area contributed by atoms with Crippen LogP contribution in [0.4, 0.5) is 5.82 Å². The van der Waals surface area contributed by atoms with Crippen LogP contribution < -0.4 is 5.73 Å². The number of halogens is 1. The van der Waals surface area contributed by atoms with E-state index in [2.05, 4.69) is 21.0 Å². The van der Waals surface area contributed by atoms with Crippen LogP contribution >= 0.6 is 15.9 Å². The van der Waals surface area contributed by atoms with E-state index >= 15 is 0 Å². The van der Waals surface area contributed by atoms with Gasteiger partial charge in [-0.1, -0.05) is 6.42 Å². The van der Waals surface area contributed by atoms with Crippen molar-refractivity contribution in [2.45, 2.75) is 37.0 Å². The summed E-state index contributed by atoms with van der Waals surface area (Å²) in [6.07, 6.45) is 6.40. The maximum absolute atomic E-state index is 11.6. The smallest absolute Gasteiger partial charge is 0.159 e. The minimum Gasteiger partial charge on any atom is -0.381 e. The third-order valence-electron chi connectivity index (χ3n) is 3.29. The zero-order valence-corrected chi connectivity index (χ0v) is 12.0. The van der Waals surface area contributed by atoms with Gasteiger partial charge in [0.2, 0.25) is 0 Å². The van der Waals surface area contributed by atoms with Gasteiger partial charge >= 0.3 is 0 Å². The van der Waals surface area contributed by atoms with Crippen LogP contribution in [-0.4, -0.2) is 29.7 Å². The Morgan fingerprint density at radius 1 is 1.53 bits per heavy atom. The fourth-order valence-corrected chi connectivity index (χ4v) is 3.78. The number of anilines is 1. The normalized spacial score (nSPS) is 26.0. The molecule has 0 radical (unpaired) electrons. The van der Waals surface area contributed by atoms with Crippen molar-refractivity contribution in [3.63, 3.8) is 0 Å². The molecular formula is C10H16BrN3O2S. The minimum absolute atomic E-state index is 0.136. The fourth-order valence-electron chi connectivity index (χ4n) is 2.32. The summed E-state index contributed by atoms with van der Waals surface area (Å²) in [7, 11) is -2.95. The average molecular weight is 322 g/mol. The van der Waals surface area contributed by atoms with Crippen LogP contribution in [0, 0.1) is 0 Å². The molecule has 1 heterocycles. The van der Waals surface area contributed by atoms with Gasteiger partial charge in [-0.25, -0.2) is 8.42 Å². The van der Waals surface area contributed by atoms with Crippen molar-refractivity contribution in [2.75, 3.05) is 12.0 Å². The number of nitrogen functional groups attached to an aromatic ring is 1. The molecule has 1 saturated carbocycles. The van der Waals surface area contributed by atoms with Crippen molar-refractivity contribution in [3.05, 3.63) is 10.7 Å². The second-order valence-electron chi connectivity index (χ2n) is 4.61. The molecule has 0 aliphatic heterocycles. The van der Waals surface area contributed by atoms with E-state index in [1.807, 2.05) is 6.20 Å². The lowest BCUT2D eigenvalue weighted by molar-refractivity contribution is 0.330. The summed E-state index contributed by atoms with van der Waals surface area (Å²) < 4.78 is 25.7. The zero-order valence-electron chi connectivity index (χ0n) is 9.63. The quantitative estimate of drug-likeness (QED) is 0.900. The van der Waals surface area contributed by atoms with E-state index in [4.69, 9.17) is 5.73 Å². The van der Waals surface area contributed by atoms with Gasteiger partial charge in [0.15, 0.2) is 5.82 Å². The standard InChI is InChI=1S/C10H16BrN3O2S/c1-17(15,16)8-4-2-3-7(5-8)14-6-9(11)10(12)13-14/h6-8H,2-5H2,1H3,(H2,12,13). The lowest BCUT2D eigenvalue weighted by Crippen LogP contribution is -2.29. The summed E-state index contributed by atoms with van der Waals surface area (Å²) in [5.74, 6) is 0.450. The minimum atomic E-state index is -2.95. The van der Waals surface area contributed by atoms with Gasteiger partial charge in [0.25, 0.3) is 0 Å². The Morgan fingerprint density at radius 3 is 2.76 bits per heavy atom. The van der Waals surface area contributed by atoms with Crippen molar-refractivity contribution in [1.29, 1.82) is 0 Å². The molecule has 96 valence electrons. The topological polar surface area (TPSA) is 78.0 Å². The van der Waals surface area contributed by atoms with E-state index < -0.39 is 9.84 Å². The van der Waals surface area contributed by atoms with Gasteiger partial charge in [-0.05, 0) is 35.2 Å². The van der Waals surface area contributed by atoms with Gasteiger partial charge in [-0.15, -0.1) is 0 Å². The van der Waals surface area contributed by atoms with Crippen LogP contribution in [0.25, 0.3) is 0 Å². The second kappa shape index (κ2) is 4.61. The highest BCUT2D eigenvalue weighted by atomic mass is 79.9. The van der Waals surface area contributed by atoms with Crippen LogP contribution in [0.3, 0.4) is 0 Å². The third kappa shape index (κ3) is 2.82. The predicted octanol–water partition coefficient (Wildman–Crippen LogP) is 1.76. The molecular weight excluding hydrogens is 306 g/mol. The lowest BCUT2D eigenvalue weighted by Gasteiger charge is -2.28. The summed E-state index contributed by atoms with van der Waals surface area (Å²) in [4.78, 5) is 0. The van der Waals surface area contributed by atoms with Gasteiger partial charge < -0.3 is 5.73 Å². The van der Waals surface area contributed by atoms with E-state index in [9.17, 15) is 8.42 Å². The van der Waals surface area contributed by atoms with E-state index in [1.165, 1.54) is 6.26 Å². The molecule has 2 unspecified atom stereocenters. The van der Waals surface area contributed by atoms with E-state index in [0.717, 1.165) is 23.7 Å². The zero-order chi connectivity index (χ0) is 12.6. The molecule has 0 saturated heterocycles. The Hall–Kier alpha value is -0.560.